The maximum Gasteiger partial charge on any atom is 0.193 e. The van der Waals surface area contributed by atoms with Crippen LogP contribution < -0.4 is 5.32 Å². The van der Waals surface area contributed by atoms with E-state index in [1.165, 1.54) is 0 Å². The van der Waals surface area contributed by atoms with E-state index in [1.54, 1.807) is 0 Å². The maximum atomic E-state index is 4.38. The molecule has 14 heavy (non-hydrogen) atoms. The number of guanidine groups is 1. The Hall–Kier alpha value is 0.350. The lowest BCUT2D eigenvalue weighted by Gasteiger charge is -2.24. The van der Waals surface area contributed by atoms with Crippen LogP contribution in [0.5, 0.6) is 0 Å². The van der Waals surface area contributed by atoms with Gasteiger partial charge in [0.25, 0.3) is 0 Å². The van der Waals surface area contributed by atoms with Crippen molar-refractivity contribution >= 4 is 41.7 Å². The lowest BCUT2D eigenvalue weighted by Crippen LogP contribution is -2.41. The Balaban J connectivity index is 0.00000169. The van der Waals surface area contributed by atoms with Crippen LogP contribution in [0.3, 0.4) is 0 Å². The van der Waals surface area contributed by atoms with Crippen LogP contribution in [-0.4, -0.2) is 48.5 Å². The number of hydrogen-bond acceptors (Lipinski definition) is 4. The second kappa shape index (κ2) is 6.05. The molecule has 0 aliphatic carbocycles. The van der Waals surface area contributed by atoms with Crippen molar-refractivity contribution in [3.63, 3.8) is 0 Å². The predicted molar refractivity (Wildman–Crippen MR) is 75.9 cm³/mol. The smallest absolute Gasteiger partial charge is 0.193 e. The number of hydrogen-bond donors (Lipinski definition) is 1. The minimum Gasteiger partial charge on any atom is -0.355 e. The molecule has 0 bridgehead atoms. The van der Waals surface area contributed by atoms with E-state index in [9.17, 15) is 0 Å². The maximum absolute atomic E-state index is 4.38. The zero-order valence-corrected chi connectivity index (χ0v) is 12.5. The van der Waals surface area contributed by atoms with E-state index < -0.39 is 0 Å². The third-order valence-electron chi connectivity index (χ3n) is 2.28. The molecule has 1 rings (SSSR count). The second-order valence-electron chi connectivity index (χ2n) is 3.94. The van der Waals surface area contributed by atoms with E-state index in [0.29, 0.717) is 0 Å². The van der Waals surface area contributed by atoms with Crippen molar-refractivity contribution in [2.75, 3.05) is 32.9 Å². The number of halogens is 1. The molecule has 84 valence electrons. The van der Waals surface area contributed by atoms with Crippen molar-refractivity contribution in [1.82, 2.24) is 10.2 Å². The first-order valence-electron chi connectivity index (χ1n) is 4.60. The molecule has 1 aliphatic heterocycles. The van der Waals surface area contributed by atoms with Crippen LogP contribution >= 0.6 is 35.7 Å². The predicted octanol–water partition coefficient (Wildman–Crippen LogP) is 1.64. The molecule has 0 aromatic heterocycles. The Morgan fingerprint density at radius 1 is 1.57 bits per heavy atom. The molecule has 0 fully saturated rings. The molecule has 0 atom stereocenters. The third-order valence-corrected chi connectivity index (χ3v) is 3.53. The molecule has 3 nitrogen and oxygen atoms in total. The normalized spacial score (nSPS) is 16.3. The first-order chi connectivity index (χ1) is 6.05. The highest BCUT2D eigenvalue weighted by Gasteiger charge is 2.18. The summed E-state index contributed by atoms with van der Waals surface area (Å²) in [5.74, 6) is 1.04. The van der Waals surface area contributed by atoms with Crippen molar-refractivity contribution in [2.45, 2.75) is 18.6 Å². The van der Waals surface area contributed by atoms with Crippen LogP contribution in [0.1, 0.15) is 13.8 Å². The van der Waals surface area contributed by atoms with Gasteiger partial charge in [0.15, 0.2) is 5.96 Å². The highest BCUT2D eigenvalue weighted by atomic mass is 127. The lowest BCUT2D eigenvalue weighted by molar-refractivity contribution is 0.526. The summed E-state index contributed by atoms with van der Waals surface area (Å²) in [4.78, 5) is 6.54. The fraction of sp³-hybridized carbons (Fsp3) is 0.889. The molecule has 0 spiro atoms. The van der Waals surface area contributed by atoms with Crippen LogP contribution in [0.15, 0.2) is 4.99 Å². The standard InChI is InChI=1S/C9H19N3S.HI/c1-9(2,13-4)7-11-8-10-5-6-12(8)3;/h5-7H2,1-4H3,(H,10,11);1H. The number of rotatable bonds is 3. The van der Waals surface area contributed by atoms with E-state index in [2.05, 4.69) is 42.4 Å². The van der Waals surface area contributed by atoms with Crippen molar-refractivity contribution in [3.05, 3.63) is 0 Å². The van der Waals surface area contributed by atoms with Gasteiger partial charge in [-0.25, -0.2) is 0 Å². The SMILES string of the molecule is CSC(C)(C)CNC1=NCCN1C.I. The van der Waals surface area contributed by atoms with E-state index in [0.717, 1.165) is 25.6 Å². The molecular formula is C9H20IN3S. The average molecular weight is 329 g/mol. The van der Waals surface area contributed by atoms with E-state index in [1.807, 2.05) is 11.8 Å². The molecule has 5 heteroatoms. The molecule has 0 aromatic rings. The number of nitrogens with one attached hydrogen (secondary N) is 1. The third kappa shape index (κ3) is 4.25. The van der Waals surface area contributed by atoms with Crippen LogP contribution in [0.2, 0.25) is 0 Å². The van der Waals surface area contributed by atoms with Gasteiger partial charge in [-0.15, -0.1) is 24.0 Å². The largest absolute Gasteiger partial charge is 0.355 e. The van der Waals surface area contributed by atoms with Crippen LogP contribution in [0, 0.1) is 0 Å². The zero-order chi connectivity index (χ0) is 9.90. The van der Waals surface area contributed by atoms with Gasteiger partial charge in [0.2, 0.25) is 0 Å². The van der Waals surface area contributed by atoms with Crippen LogP contribution in [0.25, 0.3) is 0 Å². The van der Waals surface area contributed by atoms with E-state index in [-0.39, 0.29) is 28.7 Å². The summed E-state index contributed by atoms with van der Waals surface area (Å²) < 4.78 is 0.284. The molecule has 0 radical (unpaired) electrons. The first kappa shape index (κ1) is 14.3. The van der Waals surface area contributed by atoms with Gasteiger partial charge in [0.1, 0.15) is 0 Å². The summed E-state index contributed by atoms with van der Waals surface area (Å²) in [6.45, 7) is 7.41. The zero-order valence-electron chi connectivity index (χ0n) is 9.33. The van der Waals surface area contributed by atoms with Crippen molar-refractivity contribution < 1.29 is 0 Å². The van der Waals surface area contributed by atoms with Gasteiger partial charge in [-0.05, 0) is 20.1 Å². The fourth-order valence-electron chi connectivity index (χ4n) is 1.09. The van der Waals surface area contributed by atoms with Gasteiger partial charge in [-0.1, -0.05) is 0 Å². The quantitative estimate of drug-likeness (QED) is 0.798. The van der Waals surface area contributed by atoms with Gasteiger partial charge >= 0.3 is 0 Å². The molecule has 0 aromatic carbocycles. The number of nitrogens with zero attached hydrogens (tertiary/aromatic N) is 2. The van der Waals surface area contributed by atoms with E-state index in [4.69, 9.17) is 0 Å². The topological polar surface area (TPSA) is 27.6 Å². The minimum absolute atomic E-state index is 0. The van der Waals surface area contributed by atoms with Crippen molar-refractivity contribution in [1.29, 1.82) is 0 Å². The minimum atomic E-state index is 0. The van der Waals surface area contributed by atoms with Crippen molar-refractivity contribution in [2.24, 2.45) is 4.99 Å². The monoisotopic (exact) mass is 329 g/mol. The summed E-state index contributed by atoms with van der Waals surface area (Å²) in [6.07, 6.45) is 2.14. The summed E-state index contributed by atoms with van der Waals surface area (Å²) in [5.41, 5.74) is 0. The first-order valence-corrected chi connectivity index (χ1v) is 5.82. The highest BCUT2D eigenvalue weighted by molar-refractivity contribution is 14.0. The summed E-state index contributed by atoms with van der Waals surface area (Å²) >= 11 is 1.88. The Bertz CT molecular complexity index is 206. The molecule has 0 saturated carbocycles. The summed E-state index contributed by atoms with van der Waals surface area (Å²) in [6, 6.07) is 0. The van der Waals surface area contributed by atoms with Gasteiger partial charge in [0.05, 0.1) is 6.54 Å². The molecule has 1 N–H and O–H groups in total. The summed E-state index contributed by atoms with van der Waals surface area (Å²) in [5, 5.41) is 3.38. The molecule has 1 aliphatic rings. The van der Waals surface area contributed by atoms with Gasteiger partial charge in [-0.2, -0.15) is 11.8 Å². The van der Waals surface area contributed by atoms with Gasteiger partial charge in [0, 0.05) is 24.9 Å². The van der Waals surface area contributed by atoms with Crippen LogP contribution in [0.4, 0.5) is 0 Å². The highest BCUT2D eigenvalue weighted by Crippen LogP contribution is 2.19. The van der Waals surface area contributed by atoms with Crippen LogP contribution in [-0.2, 0) is 0 Å². The number of aliphatic imine (C=N–C) groups is 1. The van der Waals surface area contributed by atoms with Gasteiger partial charge in [-0.3, -0.25) is 4.99 Å². The molecule has 0 unspecified atom stereocenters. The molecular weight excluding hydrogens is 309 g/mol. The van der Waals surface area contributed by atoms with E-state index >= 15 is 0 Å². The Morgan fingerprint density at radius 3 is 2.64 bits per heavy atom. The Morgan fingerprint density at radius 2 is 2.21 bits per heavy atom. The second-order valence-corrected chi connectivity index (χ2v) is 5.46. The van der Waals surface area contributed by atoms with Crippen molar-refractivity contribution in [3.8, 4) is 0 Å². The molecule has 0 amide bonds. The average Bonchev–Trinajstić information content (AvgIpc) is 2.48. The molecule has 0 saturated heterocycles. The number of likely N-dealkylation sites (N-methyl/N-ethyl adjacent to an activating group) is 1. The Kier molecular flexibility index (Phi) is 6.20. The fourth-order valence-corrected chi connectivity index (χ4v) is 1.30. The van der Waals surface area contributed by atoms with Gasteiger partial charge < -0.3 is 10.2 Å². The Labute approximate surface area is 108 Å². The lowest BCUT2D eigenvalue weighted by atomic mass is 10.2. The summed E-state index contributed by atoms with van der Waals surface area (Å²) in [7, 11) is 2.07. The number of thioether (sulfide) groups is 1. The molecule has 1 heterocycles.